The molecule has 2 N–H and O–H groups in total. The molecular formula is C20H22N4OS2. The van der Waals surface area contributed by atoms with E-state index in [-0.39, 0.29) is 11.2 Å². The van der Waals surface area contributed by atoms with E-state index in [2.05, 4.69) is 46.8 Å². The van der Waals surface area contributed by atoms with E-state index in [4.69, 9.17) is 0 Å². The first-order valence-electron chi connectivity index (χ1n) is 8.74. The fraction of sp³-hybridized carbons (Fsp3) is 0.250. The Balaban J connectivity index is 1.56. The van der Waals surface area contributed by atoms with Crippen molar-refractivity contribution in [2.75, 3.05) is 10.6 Å². The molecule has 0 unspecified atom stereocenters. The van der Waals surface area contributed by atoms with Gasteiger partial charge in [-0.2, -0.15) is 0 Å². The summed E-state index contributed by atoms with van der Waals surface area (Å²) in [4.78, 5) is 12.3. The van der Waals surface area contributed by atoms with Crippen molar-refractivity contribution in [3.8, 4) is 0 Å². The van der Waals surface area contributed by atoms with Gasteiger partial charge in [-0.25, -0.2) is 0 Å². The first kappa shape index (κ1) is 19.4. The molecule has 0 aliphatic carbocycles. The van der Waals surface area contributed by atoms with Gasteiger partial charge in [-0.15, -0.1) is 10.2 Å². The van der Waals surface area contributed by atoms with Crippen LogP contribution < -0.4 is 10.6 Å². The number of amides is 1. The van der Waals surface area contributed by atoms with E-state index < -0.39 is 0 Å². The molecule has 2 aromatic carbocycles. The van der Waals surface area contributed by atoms with Gasteiger partial charge in [-0.3, -0.25) is 4.79 Å². The predicted molar refractivity (Wildman–Crippen MR) is 114 cm³/mol. The monoisotopic (exact) mass is 398 g/mol. The Hall–Kier alpha value is -2.38. The van der Waals surface area contributed by atoms with E-state index in [1.807, 2.05) is 49.4 Å². The Kier molecular flexibility index (Phi) is 6.47. The molecule has 140 valence electrons. The molecule has 0 bridgehead atoms. The zero-order valence-corrected chi connectivity index (χ0v) is 17.1. The van der Waals surface area contributed by atoms with Crippen LogP contribution in [0.4, 0.5) is 16.5 Å². The van der Waals surface area contributed by atoms with Gasteiger partial charge in [0, 0.05) is 11.4 Å². The summed E-state index contributed by atoms with van der Waals surface area (Å²) in [5.74, 6) is 0.451. The molecule has 3 rings (SSSR count). The molecule has 0 aliphatic rings. The summed E-state index contributed by atoms with van der Waals surface area (Å²) >= 11 is 2.84. The fourth-order valence-electron chi connectivity index (χ4n) is 2.35. The van der Waals surface area contributed by atoms with Crippen LogP contribution in [0.25, 0.3) is 0 Å². The van der Waals surface area contributed by atoms with Crippen molar-refractivity contribution in [2.45, 2.75) is 36.3 Å². The summed E-state index contributed by atoms with van der Waals surface area (Å²) in [5, 5.41) is 15.0. The first-order chi connectivity index (χ1) is 13.0. The maximum absolute atomic E-state index is 12.3. The lowest BCUT2D eigenvalue weighted by molar-refractivity contribution is -0.115. The van der Waals surface area contributed by atoms with Crippen LogP contribution in [0.15, 0.2) is 58.9 Å². The smallest absolute Gasteiger partial charge is 0.237 e. The van der Waals surface area contributed by atoms with E-state index in [1.54, 1.807) is 0 Å². The Morgan fingerprint density at radius 1 is 0.963 bits per heavy atom. The predicted octanol–water partition coefficient (Wildman–Crippen LogP) is 5.52. The number of carbonyl (C=O) groups excluding carboxylic acids is 1. The summed E-state index contributed by atoms with van der Waals surface area (Å²) in [6.07, 6.45) is 0. The third-order valence-corrected chi connectivity index (χ3v) is 5.95. The third kappa shape index (κ3) is 5.55. The van der Waals surface area contributed by atoms with Crippen molar-refractivity contribution in [1.29, 1.82) is 0 Å². The molecule has 7 heteroatoms. The molecule has 1 amide bonds. The maximum Gasteiger partial charge on any atom is 0.237 e. The van der Waals surface area contributed by atoms with Gasteiger partial charge in [0.15, 0.2) is 4.34 Å². The van der Waals surface area contributed by atoms with Crippen LogP contribution in [0.5, 0.6) is 0 Å². The van der Waals surface area contributed by atoms with Gasteiger partial charge >= 0.3 is 0 Å². The highest BCUT2D eigenvalue weighted by Gasteiger charge is 2.17. The Bertz CT molecular complexity index is 879. The molecule has 0 fully saturated rings. The highest BCUT2D eigenvalue weighted by molar-refractivity contribution is 8.02. The first-order valence-corrected chi connectivity index (χ1v) is 10.4. The minimum absolute atomic E-state index is 0.0554. The summed E-state index contributed by atoms with van der Waals surface area (Å²) in [6, 6.07) is 17.7. The molecule has 27 heavy (non-hydrogen) atoms. The zero-order valence-electron chi connectivity index (χ0n) is 15.5. The molecule has 0 spiro atoms. The molecule has 1 heterocycles. The number of nitrogens with one attached hydrogen (secondary N) is 2. The molecule has 0 saturated heterocycles. The summed E-state index contributed by atoms with van der Waals surface area (Å²) in [5.41, 5.74) is 3.06. The summed E-state index contributed by atoms with van der Waals surface area (Å²) < 4.78 is 0.756. The number of hydrogen-bond acceptors (Lipinski definition) is 6. The number of nitrogens with zero attached hydrogens (tertiary/aromatic N) is 2. The van der Waals surface area contributed by atoms with Crippen molar-refractivity contribution in [1.82, 2.24) is 10.2 Å². The van der Waals surface area contributed by atoms with Crippen LogP contribution in [0.3, 0.4) is 0 Å². The number of anilines is 3. The number of benzene rings is 2. The second-order valence-electron chi connectivity index (χ2n) is 6.39. The van der Waals surface area contributed by atoms with Crippen LogP contribution in [0.2, 0.25) is 0 Å². The van der Waals surface area contributed by atoms with Crippen molar-refractivity contribution < 1.29 is 4.79 Å². The molecule has 0 aliphatic heterocycles. The number of hydrogen-bond donors (Lipinski definition) is 2. The Labute approximate surface area is 167 Å². The Morgan fingerprint density at radius 2 is 1.67 bits per heavy atom. The maximum atomic E-state index is 12.3. The van der Waals surface area contributed by atoms with Crippen LogP contribution in [0, 0.1) is 0 Å². The Morgan fingerprint density at radius 3 is 2.33 bits per heavy atom. The SMILES string of the molecule is CC(C)c1ccc(Nc2nnc(S[C@H](C)C(=O)Nc3ccccc3)s2)cc1. The standard InChI is InChI=1S/C20H22N4OS2/c1-13(2)15-9-11-17(12-10-15)22-19-23-24-20(27-19)26-14(3)18(25)21-16-7-5-4-6-8-16/h4-14H,1-3H3,(H,21,25)(H,22,23)/t14-/m1/s1. The number of thioether (sulfide) groups is 1. The lowest BCUT2D eigenvalue weighted by Crippen LogP contribution is -2.22. The average molecular weight is 399 g/mol. The lowest BCUT2D eigenvalue weighted by atomic mass is 10.0. The lowest BCUT2D eigenvalue weighted by Gasteiger charge is -2.09. The van der Waals surface area contributed by atoms with E-state index in [0.29, 0.717) is 11.0 Å². The van der Waals surface area contributed by atoms with Gasteiger partial charge in [0.2, 0.25) is 11.0 Å². The quantitative estimate of drug-likeness (QED) is 0.513. The van der Waals surface area contributed by atoms with Gasteiger partial charge in [-0.05, 0) is 42.7 Å². The van der Waals surface area contributed by atoms with E-state index in [0.717, 1.165) is 15.7 Å². The van der Waals surface area contributed by atoms with E-state index >= 15 is 0 Å². The largest absolute Gasteiger partial charge is 0.330 e. The highest BCUT2D eigenvalue weighted by atomic mass is 32.2. The number of rotatable bonds is 7. The van der Waals surface area contributed by atoms with Crippen molar-refractivity contribution in [2.24, 2.45) is 0 Å². The van der Waals surface area contributed by atoms with Crippen molar-refractivity contribution in [3.05, 3.63) is 60.2 Å². The van der Waals surface area contributed by atoms with Crippen LogP contribution >= 0.6 is 23.1 Å². The molecule has 5 nitrogen and oxygen atoms in total. The van der Waals surface area contributed by atoms with Gasteiger partial charge in [0.25, 0.3) is 0 Å². The second kappa shape index (κ2) is 9.01. The third-order valence-electron chi connectivity index (χ3n) is 3.92. The van der Waals surface area contributed by atoms with Crippen LogP contribution in [0.1, 0.15) is 32.3 Å². The van der Waals surface area contributed by atoms with Crippen LogP contribution in [-0.2, 0) is 4.79 Å². The van der Waals surface area contributed by atoms with Gasteiger partial charge in [0.05, 0.1) is 5.25 Å². The highest BCUT2D eigenvalue weighted by Crippen LogP contribution is 2.31. The number of aromatic nitrogens is 2. The van der Waals surface area contributed by atoms with Crippen molar-refractivity contribution in [3.63, 3.8) is 0 Å². The van der Waals surface area contributed by atoms with Gasteiger partial charge < -0.3 is 10.6 Å². The fourth-order valence-corrected chi connectivity index (χ4v) is 4.27. The molecule has 0 radical (unpaired) electrons. The number of carbonyl (C=O) groups is 1. The van der Waals surface area contributed by atoms with E-state index in [9.17, 15) is 4.79 Å². The topological polar surface area (TPSA) is 66.9 Å². The molecule has 1 atom stereocenters. The van der Waals surface area contributed by atoms with Gasteiger partial charge in [-0.1, -0.05) is 67.3 Å². The van der Waals surface area contributed by atoms with E-state index in [1.165, 1.54) is 28.7 Å². The van der Waals surface area contributed by atoms with Crippen LogP contribution in [-0.4, -0.2) is 21.4 Å². The molecule has 0 saturated carbocycles. The van der Waals surface area contributed by atoms with Crippen molar-refractivity contribution >= 4 is 45.5 Å². The molecule has 3 aromatic rings. The zero-order chi connectivity index (χ0) is 19.2. The normalized spacial score (nSPS) is 12.0. The molecular weight excluding hydrogens is 376 g/mol. The summed E-state index contributed by atoms with van der Waals surface area (Å²) in [6.45, 7) is 6.21. The molecule has 1 aromatic heterocycles. The minimum Gasteiger partial charge on any atom is -0.330 e. The average Bonchev–Trinajstić information content (AvgIpc) is 3.09. The summed E-state index contributed by atoms with van der Waals surface area (Å²) in [7, 11) is 0. The second-order valence-corrected chi connectivity index (χ2v) is 8.96. The minimum atomic E-state index is -0.267. The van der Waals surface area contributed by atoms with Gasteiger partial charge in [0.1, 0.15) is 0 Å². The number of para-hydroxylation sites is 1.